The first-order valence-corrected chi connectivity index (χ1v) is 9.30. The number of carbonyl (C=O) groups is 1. The van der Waals surface area contributed by atoms with Gasteiger partial charge in [0.25, 0.3) is 0 Å². The number of halogens is 1. The smallest absolute Gasteiger partial charge is 0.423 e. The molecule has 0 fully saturated rings. The number of benzene rings is 2. The van der Waals surface area contributed by atoms with Crippen molar-refractivity contribution in [3.05, 3.63) is 71.4 Å². The molecule has 7 heteroatoms. The van der Waals surface area contributed by atoms with Gasteiger partial charge in [0, 0.05) is 17.6 Å². The molecule has 0 atom stereocenters. The lowest BCUT2D eigenvalue weighted by Crippen LogP contribution is -2.29. The Morgan fingerprint density at radius 3 is 2.00 bits per heavy atom. The second-order valence-corrected chi connectivity index (χ2v) is 6.19. The van der Waals surface area contributed by atoms with Crippen molar-refractivity contribution in [2.24, 2.45) is 0 Å². The molecule has 4 nitrogen and oxygen atoms in total. The molecule has 1 heterocycles. The van der Waals surface area contributed by atoms with E-state index in [9.17, 15) is 9.18 Å². The summed E-state index contributed by atoms with van der Waals surface area (Å²) in [5, 5.41) is 20.8. The van der Waals surface area contributed by atoms with Gasteiger partial charge in [-0.05, 0) is 47.4 Å². The Morgan fingerprint density at radius 2 is 1.56 bits per heavy atom. The van der Waals surface area contributed by atoms with Gasteiger partial charge in [0.05, 0.1) is 4.88 Å². The number of thiophene rings is 1. The van der Waals surface area contributed by atoms with Gasteiger partial charge in [0.1, 0.15) is 5.82 Å². The lowest BCUT2D eigenvalue weighted by atomic mass is 9.80. The number of aldehydes is 1. The van der Waals surface area contributed by atoms with Crippen molar-refractivity contribution in [3.63, 3.8) is 0 Å². The molecule has 1 aromatic heterocycles. The van der Waals surface area contributed by atoms with Crippen LogP contribution < -0.4 is 10.8 Å². The van der Waals surface area contributed by atoms with Gasteiger partial charge in [-0.3, -0.25) is 4.79 Å². The van der Waals surface area contributed by atoms with Crippen LogP contribution in [0.5, 0.6) is 0 Å². The fourth-order valence-electron chi connectivity index (χ4n) is 2.01. The zero-order chi connectivity index (χ0) is 20.2. The lowest BCUT2D eigenvalue weighted by molar-refractivity contribution is 0.112. The largest absolute Gasteiger partial charge is 0.488 e. The first-order chi connectivity index (χ1) is 13.0. The van der Waals surface area contributed by atoms with Crippen LogP contribution in [-0.4, -0.2) is 30.5 Å². The molecule has 2 aromatic carbocycles. The molecule has 0 unspecified atom stereocenters. The van der Waals surface area contributed by atoms with Crippen LogP contribution in [0.15, 0.2) is 60.7 Å². The van der Waals surface area contributed by atoms with Crippen LogP contribution in [0.3, 0.4) is 0 Å². The molecular weight excluding hydrogens is 364 g/mol. The minimum atomic E-state index is -1.44. The van der Waals surface area contributed by atoms with Crippen molar-refractivity contribution in [2.45, 2.75) is 13.8 Å². The summed E-state index contributed by atoms with van der Waals surface area (Å²) in [7, 11) is 0.357. The Labute approximate surface area is 163 Å². The molecule has 142 valence electrons. The molecule has 3 N–H and O–H groups in total. The summed E-state index contributed by atoms with van der Waals surface area (Å²) in [6.07, 6.45) is 0.819. The minimum absolute atomic E-state index is 0.200. The van der Waals surface area contributed by atoms with Crippen LogP contribution in [0.4, 0.5) is 10.1 Å². The number of anilines is 1. The number of nitrogens with one attached hydrogen (secondary N) is 1. The molecule has 0 saturated carbocycles. The standard InChI is InChI=1S/C11H9BO3S.C7H8FN.C2H6/c13-7-10-5-6-11(16-10)8-1-3-9(4-2-8)12(14)15;1-9-7-4-2-6(8)3-5-7;1-2/h1-7,14-15H;2-5,9H,1H3;1-2H3. The average Bonchev–Trinajstić information content (AvgIpc) is 3.20. The molecule has 0 saturated heterocycles. The van der Waals surface area contributed by atoms with Gasteiger partial charge in [-0.25, -0.2) is 4.39 Å². The van der Waals surface area contributed by atoms with Crippen molar-refractivity contribution in [1.29, 1.82) is 0 Å². The summed E-state index contributed by atoms with van der Waals surface area (Å²) < 4.78 is 12.2. The van der Waals surface area contributed by atoms with E-state index in [-0.39, 0.29) is 5.82 Å². The molecular formula is C20H23BFNO3S. The van der Waals surface area contributed by atoms with Crippen molar-refractivity contribution < 1.29 is 19.2 Å². The van der Waals surface area contributed by atoms with E-state index in [1.54, 1.807) is 49.5 Å². The number of hydrogen-bond donors (Lipinski definition) is 3. The molecule has 0 spiro atoms. The van der Waals surface area contributed by atoms with E-state index >= 15 is 0 Å². The van der Waals surface area contributed by atoms with Gasteiger partial charge in [-0.2, -0.15) is 0 Å². The van der Waals surface area contributed by atoms with E-state index in [2.05, 4.69) is 5.32 Å². The number of carbonyl (C=O) groups excluding carboxylic acids is 1. The Bertz CT molecular complexity index is 805. The third-order valence-electron chi connectivity index (χ3n) is 3.37. The van der Waals surface area contributed by atoms with E-state index in [1.165, 1.54) is 23.5 Å². The zero-order valence-corrected chi connectivity index (χ0v) is 16.3. The zero-order valence-electron chi connectivity index (χ0n) is 15.5. The maximum atomic E-state index is 12.2. The van der Waals surface area contributed by atoms with Gasteiger partial charge in [-0.15, -0.1) is 11.3 Å². The Hall–Kier alpha value is -2.48. The summed E-state index contributed by atoms with van der Waals surface area (Å²) in [6, 6.07) is 16.8. The second kappa shape index (κ2) is 12.0. The molecule has 0 aliphatic heterocycles. The highest BCUT2D eigenvalue weighted by Crippen LogP contribution is 2.26. The Balaban J connectivity index is 0.000000282. The van der Waals surface area contributed by atoms with Crippen molar-refractivity contribution >= 4 is 35.9 Å². The summed E-state index contributed by atoms with van der Waals surface area (Å²) in [4.78, 5) is 12.2. The van der Waals surface area contributed by atoms with Gasteiger partial charge >= 0.3 is 7.12 Å². The Morgan fingerprint density at radius 1 is 0.963 bits per heavy atom. The minimum Gasteiger partial charge on any atom is -0.423 e. The predicted octanol–water partition coefficient (Wildman–Crippen LogP) is 3.80. The van der Waals surface area contributed by atoms with Crippen LogP contribution in [0, 0.1) is 5.82 Å². The van der Waals surface area contributed by atoms with Gasteiger partial charge in [-0.1, -0.05) is 38.1 Å². The molecule has 0 aliphatic carbocycles. The molecule has 3 aromatic rings. The highest BCUT2D eigenvalue weighted by atomic mass is 32.1. The fraction of sp³-hybridized carbons (Fsp3) is 0.150. The highest BCUT2D eigenvalue weighted by molar-refractivity contribution is 7.17. The van der Waals surface area contributed by atoms with Crippen molar-refractivity contribution in [3.8, 4) is 10.4 Å². The van der Waals surface area contributed by atoms with E-state index in [1.807, 2.05) is 19.9 Å². The van der Waals surface area contributed by atoms with E-state index in [0.717, 1.165) is 22.4 Å². The highest BCUT2D eigenvalue weighted by Gasteiger charge is 2.10. The SMILES string of the molecule is CC.CNc1ccc(F)cc1.O=Cc1ccc(-c2ccc(B(O)O)cc2)s1. The molecule has 0 radical (unpaired) electrons. The first kappa shape index (κ1) is 22.6. The number of hydrogen-bond acceptors (Lipinski definition) is 5. The maximum absolute atomic E-state index is 12.2. The normalized spacial score (nSPS) is 9.26. The molecule has 0 aliphatic rings. The van der Waals surface area contributed by atoms with Gasteiger partial charge in [0.15, 0.2) is 6.29 Å². The van der Waals surface area contributed by atoms with Crippen LogP contribution in [0.2, 0.25) is 0 Å². The molecule has 3 rings (SSSR count). The Kier molecular flexibility index (Phi) is 10.0. The average molecular weight is 387 g/mol. The molecule has 27 heavy (non-hydrogen) atoms. The van der Waals surface area contributed by atoms with Crippen LogP contribution in [0.1, 0.15) is 23.5 Å². The van der Waals surface area contributed by atoms with Gasteiger partial charge in [0.2, 0.25) is 0 Å². The third kappa shape index (κ3) is 7.34. The summed E-state index contributed by atoms with van der Waals surface area (Å²) >= 11 is 1.41. The first-order valence-electron chi connectivity index (χ1n) is 8.48. The van der Waals surface area contributed by atoms with Gasteiger partial charge < -0.3 is 15.4 Å². The van der Waals surface area contributed by atoms with Crippen LogP contribution in [-0.2, 0) is 0 Å². The molecule has 0 amide bonds. The van der Waals surface area contributed by atoms with E-state index in [4.69, 9.17) is 10.0 Å². The monoisotopic (exact) mass is 387 g/mol. The quantitative estimate of drug-likeness (QED) is 0.471. The van der Waals surface area contributed by atoms with Crippen molar-refractivity contribution in [2.75, 3.05) is 12.4 Å². The summed E-state index contributed by atoms with van der Waals surface area (Å²) in [5.41, 5.74) is 2.34. The van der Waals surface area contributed by atoms with Crippen molar-refractivity contribution in [1.82, 2.24) is 0 Å². The number of rotatable bonds is 4. The van der Waals surface area contributed by atoms with E-state index in [0.29, 0.717) is 10.3 Å². The van der Waals surface area contributed by atoms with Crippen LogP contribution in [0.25, 0.3) is 10.4 Å². The third-order valence-corrected chi connectivity index (χ3v) is 4.43. The molecule has 0 bridgehead atoms. The lowest BCUT2D eigenvalue weighted by Gasteiger charge is -2.00. The summed E-state index contributed by atoms with van der Waals surface area (Å²) in [5.74, 6) is -0.200. The van der Waals surface area contributed by atoms with Crippen LogP contribution >= 0.6 is 11.3 Å². The maximum Gasteiger partial charge on any atom is 0.488 e. The predicted molar refractivity (Wildman–Crippen MR) is 112 cm³/mol. The second-order valence-electron chi connectivity index (χ2n) is 5.07. The van der Waals surface area contributed by atoms with E-state index < -0.39 is 7.12 Å². The topological polar surface area (TPSA) is 69.6 Å². The summed E-state index contributed by atoms with van der Waals surface area (Å²) in [6.45, 7) is 4.00. The fourth-order valence-corrected chi connectivity index (χ4v) is 2.84.